The Hall–Kier alpha value is -1.54. The van der Waals surface area contributed by atoms with Gasteiger partial charge in [0, 0.05) is 12.1 Å². The molecule has 1 aromatic carbocycles. The first-order chi connectivity index (χ1) is 7.06. The van der Waals surface area contributed by atoms with Crippen LogP contribution in [0.5, 0.6) is 0 Å². The lowest BCUT2D eigenvalue weighted by Gasteiger charge is -2.02. The van der Waals surface area contributed by atoms with Crippen LogP contribution in [-0.2, 0) is 0 Å². The van der Waals surface area contributed by atoms with Gasteiger partial charge in [-0.05, 0) is 12.5 Å². The van der Waals surface area contributed by atoms with Gasteiger partial charge in [0.2, 0.25) is 0 Å². The molecule has 0 aliphatic rings. The predicted octanol–water partition coefficient (Wildman–Crippen LogP) is 2.23. The summed E-state index contributed by atoms with van der Waals surface area (Å²) in [6.45, 7) is 1.72. The van der Waals surface area contributed by atoms with Crippen molar-refractivity contribution in [1.82, 2.24) is 0 Å². The number of anilines is 1. The van der Waals surface area contributed by atoms with Crippen molar-refractivity contribution in [2.45, 2.75) is 6.92 Å². The summed E-state index contributed by atoms with van der Waals surface area (Å²) in [5.74, 6) is 5.54. The number of nitrogens with zero attached hydrogens (tertiary/aromatic N) is 1. The Morgan fingerprint density at radius 1 is 1.60 bits per heavy atom. The third kappa shape index (κ3) is 2.70. The molecular weight excluding hydrogens is 260 g/mol. The van der Waals surface area contributed by atoms with E-state index >= 15 is 0 Å². The van der Waals surface area contributed by atoms with Gasteiger partial charge in [0.05, 0.1) is 21.5 Å². The summed E-state index contributed by atoms with van der Waals surface area (Å²) < 4.78 is 0. The van der Waals surface area contributed by atoms with Gasteiger partial charge in [-0.3, -0.25) is 10.1 Å². The van der Waals surface area contributed by atoms with Crippen LogP contribution in [-0.4, -0.2) is 10.3 Å². The van der Waals surface area contributed by atoms with Crippen LogP contribution in [0.1, 0.15) is 11.1 Å². The standard InChI is InChI=1S/C10H9BrN2O2/c1-7-5-9(13(14)15)6-8(10(7)12)3-2-4-11/h5-6H,4,12H2,1H3. The fourth-order valence-corrected chi connectivity index (χ4v) is 1.26. The monoisotopic (exact) mass is 268 g/mol. The number of non-ortho nitro benzene ring substituents is 1. The maximum absolute atomic E-state index is 10.6. The fraction of sp³-hybridized carbons (Fsp3) is 0.200. The second-order valence-corrected chi connectivity index (χ2v) is 3.48. The van der Waals surface area contributed by atoms with Crippen LogP contribution < -0.4 is 5.73 Å². The normalized spacial score (nSPS) is 9.20. The third-order valence-corrected chi connectivity index (χ3v) is 2.15. The van der Waals surface area contributed by atoms with E-state index in [0.717, 1.165) is 0 Å². The fourth-order valence-electron chi connectivity index (χ4n) is 1.12. The molecular formula is C10H9BrN2O2. The number of hydrogen-bond acceptors (Lipinski definition) is 3. The molecule has 0 bridgehead atoms. The molecule has 0 spiro atoms. The van der Waals surface area contributed by atoms with Crippen LogP contribution in [0, 0.1) is 28.9 Å². The molecule has 0 fully saturated rings. The zero-order valence-electron chi connectivity index (χ0n) is 8.08. The Balaban J connectivity index is 3.31. The minimum absolute atomic E-state index is 0.0144. The zero-order valence-corrected chi connectivity index (χ0v) is 9.67. The van der Waals surface area contributed by atoms with Gasteiger partial charge < -0.3 is 5.73 Å². The molecule has 2 N–H and O–H groups in total. The number of halogens is 1. The Labute approximate surface area is 95.8 Å². The lowest BCUT2D eigenvalue weighted by molar-refractivity contribution is -0.384. The van der Waals surface area contributed by atoms with Crippen molar-refractivity contribution in [3.05, 3.63) is 33.4 Å². The van der Waals surface area contributed by atoms with E-state index in [1.165, 1.54) is 12.1 Å². The van der Waals surface area contributed by atoms with Crippen LogP contribution in [0.3, 0.4) is 0 Å². The van der Waals surface area contributed by atoms with Crippen LogP contribution in [0.4, 0.5) is 11.4 Å². The van der Waals surface area contributed by atoms with Crippen LogP contribution in [0.25, 0.3) is 0 Å². The van der Waals surface area contributed by atoms with E-state index < -0.39 is 4.92 Å². The summed E-state index contributed by atoms with van der Waals surface area (Å²) >= 11 is 3.15. The van der Waals surface area contributed by atoms with E-state index in [2.05, 4.69) is 27.8 Å². The van der Waals surface area contributed by atoms with Crippen molar-refractivity contribution >= 4 is 27.3 Å². The number of nitro groups is 1. The molecule has 0 aliphatic carbocycles. The van der Waals surface area contributed by atoms with Gasteiger partial charge in [-0.15, -0.1) is 0 Å². The van der Waals surface area contributed by atoms with E-state index in [9.17, 15) is 10.1 Å². The number of alkyl halides is 1. The molecule has 0 saturated heterocycles. The Morgan fingerprint density at radius 3 is 2.80 bits per heavy atom. The SMILES string of the molecule is Cc1cc([N+](=O)[O-])cc(C#CCBr)c1N. The molecule has 0 heterocycles. The molecule has 0 atom stereocenters. The number of hydrogen-bond donors (Lipinski definition) is 1. The van der Waals surface area contributed by atoms with E-state index in [0.29, 0.717) is 22.1 Å². The van der Waals surface area contributed by atoms with Gasteiger partial charge in [0.25, 0.3) is 5.69 Å². The number of nitrogens with two attached hydrogens (primary N) is 1. The van der Waals surface area contributed by atoms with Crippen LogP contribution >= 0.6 is 15.9 Å². The summed E-state index contributed by atoms with van der Waals surface area (Å²) in [7, 11) is 0. The minimum Gasteiger partial charge on any atom is -0.397 e. The molecule has 0 saturated carbocycles. The summed E-state index contributed by atoms with van der Waals surface area (Å²) in [6, 6.07) is 2.83. The molecule has 0 radical (unpaired) electrons. The third-order valence-electron chi connectivity index (χ3n) is 1.87. The topological polar surface area (TPSA) is 69.2 Å². The lowest BCUT2D eigenvalue weighted by atomic mass is 10.1. The lowest BCUT2D eigenvalue weighted by Crippen LogP contribution is -1.97. The summed E-state index contributed by atoms with van der Waals surface area (Å²) in [6.07, 6.45) is 0. The van der Waals surface area contributed by atoms with Gasteiger partial charge in [0.1, 0.15) is 0 Å². The quantitative estimate of drug-likeness (QED) is 0.279. The van der Waals surface area contributed by atoms with Crippen molar-refractivity contribution in [1.29, 1.82) is 0 Å². The smallest absolute Gasteiger partial charge is 0.271 e. The van der Waals surface area contributed by atoms with Crippen LogP contribution in [0.2, 0.25) is 0 Å². The highest BCUT2D eigenvalue weighted by atomic mass is 79.9. The largest absolute Gasteiger partial charge is 0.397 e. The molecule has 4 nitrogen and oxygen atoms in total. The van der Waals surface area contributed by atoms with Gasteiger partial charge in [0.15, 0.2) is 0 Å². The van der Waals surface area contributed by atoms with E-state index in [1.54, 1.807) is 6.92 Å². The first kappa shape index (κ1) is 11.5. The highest BCUT2D eigenvalue weighted by Crippen LogP contribution is 2.23. The molecule has 0 amide bonds. The van der Waals surface area contributed by atoms with Crippen LogP contribution in [0.15, 0.2) is 12.1 Å². The molecule has 78 valence electrons. The summed E-state index contributed by atoms with van der Waals surface area (Å²) in [5.41, 5.74) is 7.43. The molecule has 5 heteroatoms. The van der Waals surface area contributed by atoms with E-state index in [-0.39, 0.29) is 5.69 Å². The minimum atomic E-state index is -0.453. The Bertz CT molecular complexity index is 460. The number of rotatable bonds is 1. The number of aryl methyl sites for hydroxylation is 1. The van der Waals surface area contributed by atoms with Gasteiger partial charge in [-0.2, -0.15) is 0 Å². The van der Waals surface area contributed by atoms with E-state index in [4.69, 9.17) is 5.73 Å². The first-order valence-electron chi connectivity index (χ1n) is 4.15. The second-order valence-electron chi connectivity index (χ2n) is 2.92. The van der Waals surface area contributed by atoms with Crippen molar-refractivity contribution in [3.8, 4) is 11.8 Å². The zero-order chi connectivity index (χ0) is 11.4. The average Bonchev–Trinajstić information content (AvgIpc) is 2.19. The van der Waals surface area contributed by atoms with Gasteiger partial charge >= 0.3 is 0 Å². The molecule has 0 unspecified atom stereocenters. The van der Waals surface area contributed by atoms with Gasteiger partial charge in [-0.25, -0.2) is 0 Å². The second kappa shape index (κ2) is 4.80. The first-order valence-corrected chi connectivity index (χ1v) is 5.27. The van der Waals surface area contributed by atoms with Gasteiger partial charge in [-0.1, -0.05) is 27.8 Å². The van der Waals surface area contributed by atoms with Crippen molar-refractivity contribution in [2.24, 2.45) is 0 Å². The summed E-state index contributed by atoms with van der Waals surface area (Å²) in [5, 5.41) is 11.1. The Morgan fingerprint density at radius 2 is 2.27 bits per heavy atom. The molecule has 15 heavy (non-hydrogen) atoms. The highest BCUT2D eigenvalue weighted by Gasteiger charge is 2.10. The number of benzene rings is 1. The molecule has 1 rings (SSSR count). The predicted molar refractivity (Wildman–Crippen MR) is 62.9 cm³/mol. The highest BCUT2D eigenvalue weighted by molar-refractivity contribution is 9.09. The maximum atomic E-state index is 10.6. The molecule has 0 aliphatic heterocycles. The number of nitrogen functional groups attached to an aromatic ring is 1. The van der Waals surface area contributed by atoms with Crippen molar-refractivity contribution < 1.29 is 4.92 Å². The average molecular weight is 269 g/mol. The van der Waals surface area contributed by atoms with Crippen molar-refractivity contribution in [3.63, 3.8) is 0 Å². The van der Waals surface area contributed by atoms with E-state index in [1.807, 2.05) is 0 Å². The molecule has 0 aromatic heterocycles. The Kier molecular flexibility index (Phi) is 3.69. The number of nitro benzene ring substituents is 1. The maximum Gasteiger partial charge on any atom is 0.271 e. The van der Waals surface area contributed by atoms with Crippen molar-refractivity contribution in [2.75, 3.05) is 11.1 Å². The molecule has 1 aromatic rings. The summed E-state index contributed by atoms with van der Waals surface area (Å²) in [4.78, 5) is 10.1.